The fourth-order valence-electron chi connectivity index (χ4n) is 2.63. The largest absolute Gasteiger partial charge is 0.355 e. The van der Waals surface area contributed by atoms with Gasteiger partial charge in [0.15, 0.2) is 0 Å². The Hall–Kier alpha value is -1.95. The number of nitrogens with zero attached hydrogens (tertiary/aromatic N) is 3. The summed E-state index contributed by atoms with van der Waals surface area (Å²) in [5.74, 6) is 0.606. The summed E-state index contributed by atoms with van der Waals surface area (Å²) in [6.45, 7) is 2.03. The van der Waals surface area contributed by atoms with Crippen LogP contribution in [0.5, 0.6) is 0 Å². The monoisotopic (exact) mass is 374 g/mol. The van der Waals surface area contributed by atoms with Gasteiger partial charge in [0.2, 0.25) is 0 Å². The molecule has 0 atom stereocenters. The van der Waals surface area contributed by atoms with Crippen molar-refractivity contribution < 1.29 is 4.79 Å². The summed E-state index contributed by atoms with van der Waals surface area (Å²) >= 11 is 3.37. The van der Waals surface area contributed by atoms with Crippen LogP contribution in [0, 0.1) is 0 Å². The maximum Gasteiger partial charge on any atom is 0.275 e. The molecule has 0 unspecified atom stereocenters. The normalized spacial score (nSPS) is 15.1. The SMILES string of the molecule is O=C(Nc1ccc(Br)cc1)c1cnc(N2CCCCCC2)cn1. The molecule has 120 valence electrons. The third-order valence-corrected chi connectivity index (χ3v) is 4.43. The number of amides is 1. The molecule has 1 N–H and O–H groups in total. The lowest BCUT2D eigenvalue weighted by Gasteiger charge is -2.20. The van der Waals surface area contributed by atoms with E-state index in [0.29, 0.717) is 5.69 Å². The van der Waals surface area contributed by atoms with Crippen molar-refractivity contribution in [1.29, 1.82) is 0 Å². The number of aromatic nitrogens is 2. The molecule has 0 radical (unpaired) electrons. The van der Waals surface area contributed by atoms with E-state index in [9.17, 15) is 4.79 Å². The highest BCUT2D eigenvalue weighted by molar-refractivity contribution is 9.10. The standard InChI is InChI=1S/C17H19BrN4O/c18-13-5-7-14(8-6-13)21-17(23)15-11-20-16(12-19-15)22-9-3-1-2-4-10-22/h5-8,11-12H,1-4,9-10H2,(H,21,23). The van der Waals surface area contributed by atoms with Crippen LogP contribution in [0.1, 0.15) is 36.2 Å². The van der Waals surface area contributed by atoms with Crippen LogP contribution in [0.25, 0.3) is 0 Å². The average molecular weight is 375 g/mol. The Kier molecular flexibility index (Phi) is 5.23. The van der Waals surface area contributed by atoms with Gasteiger partial charge in [-0.2, -0.15) is 0 Å². The van der Waals surface area contributed by atoms with Gasteiger partial charge in [0.1, 0.15) is 11.5 Å². The summed E-state index contributed by atoms with van der Waals surface area (Å²) in [4.78, 5) is 23.1. The number of rotatable bonds is 3. The minimum Gasteiger partial charge on any atom is -0.355 e. The number of benzene rings is 1. The Labute approximate surface area is 144 Å². The quantitative estimate of drug-likeness (QED) is 0.885. The van der Waals surface area contributed by atoms with Crippen molar-refractivity contribution in [2.24, 2.45) is 0 Å². The molecule has 1 aliphatic heterocycles. The maximum atomic E-state index is 12.2. The lowest BCUT2D eigenvalue weighted by atomic mass is 10.2. The first kappa shape index (κ1) is 15.9. The van der Waals surface area contributed by atoms with E-state index in [-0.39, 0.29) is 5.91 Å². The smallest absolute Gasteiger partial charge is 0.275 e. The van der Waals surface area contributed by atoms with Gasteiger partial charge >= 0.3 is 0 Å². The number of halogens is 1. The molecule has 1 aromatic heterocycles. The average Bonchev–Trinajstić information content (AvgIpc) is 2.86. The number of carbonyl (C=O) groups excluding carboxylic acids is 1. The number of nitrogens with one attached hydrogen (secondary N) is 1. The summed E-state index contributed by atoms with van der Waals surface area (Å²) in [5.41, 5.74) is 1.06. The number of hydrogen-bond donors (Lipinski definition) is 1. The van der Waals surface area contributed by atoms with E-state index in [0.717, 1.165) is 29.1 Å². The van der Waals surface area contributed by atoms with Crippen LogP contribution in [0.15, 0.2) is 41.1 Å². The predicted octanol–water partition coefficient (Wildman–Crippen LogP) is 3.87. The Morgan fingerprint density at radius 3 is 2.30 bits per heavy atom. The van der Waals surface area contributed by atoms with E-state index in [1.807, 2.05) is 24.3 Å². The van der Waals surface area contributed by atoms with Crippen LogP contribution in [-0.4, -0.2) is 29.0 Å². The van der Waals surface area contributed by atoms with Crippen molar-refractivity contribution in [2.45, 2.75) is 25.7 Å². The van der Waals surface area contributed by atoms with Gasteiger partial charge in [-0.05, 0) is 37.1 Å². The molecule has 0 spiro atoms. The minimum atomic E-state index is -0.248. The van der Waals surface area contributed by atoms with Gasteiger partial charge in [0.25, 0.3) is 5.91 Å². The predicted molar refractivity (Wildman–Crippen MR) is 94.8 cm³/mol. The van der Waals surface area contributed by atoms with E-state index in [1.165, 1.54) is 25.7 Å². The van der Waals surface area contributed by atoms with E-state index < -0.39 is 0 Å². The second-order valence-electron chi connectivity index (χ2n) is 5.62. The van der Waals surface area contributed by atoms with Crippen molar-refractivity contribution in [3.8, 4) is 0 Å². The molecule has 0 saturated carbocycles. The van der Waals surface area contributed by atoms with Crippen LogP contribution < -0.4 is 10.2 Å². The summed E-state index contributed by atoms with van der Waals surface area (Å²) in [7, 11) is 0. The van der Waals surface area contributed by atoms with Gasteiger partial charge in [0.05, 0.1) is 12.4 Å². The third-order valence-electron chi connectivity index (χ3n) is 3.90. The lowest BCUT2D eigenvalue weighted by molar-refractivity contribution is 0.102. The molecule has 3 rings (SSSR count). The molecule has 1 amide bonds. The van der Waals surface area contributed by atoms with Crippen molar-refractivity contribution in [1.82, 2.24) is 9.97 Å². The topological polar surface area (TPSA) is 58.1 Å². The Balaban J connectivity index is 1.66. The van der Waals surface area contributed by atoms with Gasteiger partial charge in [-0.3, -0.25) is 4.79 Å². The number of hydrogen-bond acceptors (Lipinski definition) is 4. The van der Waals surface area contributed by atoms with Crippen molar-refractivity contribution in [3.05, 3.63) is 46.8 Å². The second kappa shape index (κ2) is 7.55. The van der Waals surface area contributed by atoms with Crippen LogP contribution in [0.2, 0.25) is 0 Å². The summed E-state index contributed by atoms with van der Waals surface area (Å²) in [6.07, 6.45) is 8.17. The van der Waals surface area contributed by atoms with E-state index >= 15 is 0 Å². The number of anilines is 2. The Morgan fingerprint density at radius 1 is 1.00 bits per heavy atom. The van der Waals surface area contributed by atoms with Gasteiger partial charge in [-0.25, -0.2) is 9.97 Å². The van der Waals surface area contributed by atoms with Crippen LogP contribution >= 0.6 is 15.9 Å². The first-order valence-corrected chi connectivity index (χ1v) is 8.65. The molecular weight excluding hydrogens is 356 g/mol. The van der Waals surface area contributed by atoms with E-state index in [4.69, 9.17) is 0 Å². The summed E-state index contributed by atoms with van der Waals surface area (Å²) in [5, 5.41) is 2.82. The minimum absolute atomic E-state index is 0.248. The first-order valence-electron chi connectivity index (χ1n) is 7.86. The summed E-state index contributed by atoms with van der Waals surface area (Å²) in [6, 6.07) is 7.43. The van der Waals surface area contributed by atoms with Crippen molar-refractivity contribution >= 4 is 33.3 Å². The van der Waals surface area contributed by atoms with Crippen LogP contribution in [-0.2, 0) is 0 Å². The highest BCUT2D eigenvalue weighted by atomic mass is 79.9. The third kappa shape index (κ3) is 4.28. The molecule has 6 heteroatoms. The van der Waals surface area contributed by atoms with Gasteiger partial charge in [-0.1, -0.05) is 28.8 Å². The molecule has 1 fully saturated rings. The van der Waals surface area contributed by atoms with Crippen LogP contribution in [0.3, 0.4) is 0 Å². The number of carbonyl (C=O) groups is 1. The first-order chi connectivity index (χ1) is 11.2. The van der Waals surface area contributed by atoms with Crippen molar-refractivity contribution in [3.63, 3.8) is 0 Å². The Bertz CT molecular complexity index is 649. The fraction of sp³-hybridized carbons (Fsp3) is 0.353. The van der Waals surface area contributed by atoms with Gasteiger partial charge in [0, 0.05) is 23.2 Å². The molecule has 0 aliphatic carbocycles. The molecule has 1 aliphatic rings. The van der Waals surface area contributed by atoms with E-state index in [2.05, 4.69) is 36.1 Å². The van der Waals surface area contributed by atoms with Gasteiger partial charge < -0.3 is 10.2 Å². The van der Waals surface area contributed by atoms with Gasteiger partial charge in [-0.15, -0.1) is 0 Å². The lowest BCUT2D eigenvalue weighted by Crippen LogP contribution is -2.25. The summed E-state index contributed by atoms with van der Waals surface area (Å²) < 4.78 is 0.970. The molecule has 2 aromatic rings. The highest BCUT2D eigenvalue weighted by Gasteiger charge is 2.13. The fourth-order valence-corrected chi connectivity index (χ4v) is 2.89. The molecule has 5 nitrogen and oxygen atoms in total. The molecule has 1 saturated heterocycles. The Morgan fingerprint density at radius 2 is 1.70 bits per heavy atom. The molecular formula is C17H19BrN4O. The highest BCUT2D eigenvalue weighted by Crippen LogP contribution is 2.17. The zero-order chi connectivity index (χ0) is 16.1. The zero-order valence-corrected chi connectivity index (χ0v) is 14.4. The molecule has 23 heavy (non-hydrogen) atoms. The van der Waals surface area contributed by atoms with E-state index in [1.54, 1.807) is 12.4 Å². The zero-order valence-electron chi connectivity index (χ0n) is 12.8. The van der Waals surface area contributed by atoms with Crippen molar-refractivity contribution in [2.75, 3.05) is 23.3 Å². The maximum absolute atomic E-state index is 12.2. The molecule has 1 aromatic carbocycles. The van der Waals surface area contributed by atoms with Crippen LogP contribution in [0.4, 0.5) is 11.5 Å². The molecule has 2 heterocycles. The second-order valence-corrected chi connectivity index (χ2v) is 6.54. The molecule has 0 bridgehead atoms.